The van der Waals surface area contributed by atoms with Crippen LogP contribution in [-0.2, 0) is 10.8 Å². The van der Waals surface area contributed by atoms with E-state index < -0.39 is 10.8 Å². The molecule has 0 aromatic heterocycles. The third-order valence-electron chi connectivity index (χ3n) is 17.7. The lowest BCUT2D eigenvalue weighted by Gasteiger charge is -2.31. The van der Waals surface area contributed by atoms with Crippen molar-refractivity contribution in [3.8, 4) is 104 Å². The van der Waals surface area contributed by atoms with Crippen LogP contribution >= 0.6 is 0 Å². The van der Waals surface area contributed by atoms with Crippen LogP contribution in [0.1, 0.15) is 123 Å². The van der Waals surface area contributed by atoms with Crippen LogP contribution in [0, 0.1) is 35.8 Å². The Morgan fingerprint density at radius 2 is 0.573 bits per heavy atom. The molecular formula is C84H66N4O8. The third-order valence-corrected chi connectivity index (χ3v) is 17.7. The monoisotopic (exact) mass is 1260 g/mol. The van der Waals surface area contributed by atoms with Gasteiger partial charge in [0.2, 0.25) is 0 Å². The number of nitrogens with zero attached hydrogens (tertiary/aromatic N) is 4. The Morgan fingerprint density at radius 1 is 0.344 bits per heavy atom. The summed E-state index contributed by atoms with van der Waals surface area (Å²) in [6, 6.07) is 63.3. The number of ether oxygens (including phenoxy) is 8. The molecule has 0 radical (unpaired) electrons. The van der Waals surface area contributed by atoms with E-state index in [4.69, 9.17) is 51.0 Å². The lowest BCUT2D eigenvalue weighted by molar-refractivity contribution is 0.348. The number of rotatable bonds is 20. The van der Waals surface area contributed by atoms with Crippen molar-refractivity contribution >= 4 is 33.7 Å². The van der Waals surface area contributed by atoms with E-state index in [1.807, 2.05) is 149 Å². The maximum absolute atomic E-state index is 11.0. The number of hydrogen-bond acceptors (Lipinski definition) is 10. The molecule has 0 amide bonds. The van der Waals surface area contributed by atoms with Crippen LogP contribution in [0.3, 0.4) is 0 Å². The zero-order chi connectivity index (χ0) is 67.7. The van der Waals surface area contributed by atoms with Gasteiger partial charge in [0.1, 0.15) is 92.3 Å². The molecule has 0 bridgehead atoms. The van der Waals surface area contributed by atoms with Gasteiger partial charge < -0.3 is 37.9 Å². The molecule has 2 aliphatic rings. The summed E-state index contributed by atoms with van der Waals surface area (Å²) in [7, 11) is 0. The highest BCUT2D eigenvalue weighted by molar-refractivity contribution is 5.74. The minimum Gasteiger partial charge on any atom is -0.468 e. The van der Waals surface area contributed by atoms with Gasteiger partial charge in [0.15, 0.2) is 23.0 Å². The average Bonchev–Trinajstić information content (AvgIpc) is 1.52. The Bertz CT molecular complexity index is 4680. The second-order valence-electron chi connectivity index (χ2n) is 25.1. The van der Waals surface area contributed by atoms with E-state index in [9.17, 15) is 10.5 Å². The number of nitriles is 2. The molecule has 96 heavy (non-hydrogen) atoms. The third kappa shape index (κ3) is 12.3. The topological polar surface area (TPSA) is 130 Å². The van der Waals surface area contributed by atoms with Crippen LogP contribution in [0.15, 0.2) is 220 Å². The summed E-state index contributed by atoms with van der Waals surface area (Å²) in [5.74, 6) is 4.57. The van der Waals surface area contributed by atoms with Crippen molar-refractivity contribution in [3.05, 3.63) is 299 Å². The number of benzene rings is 10. The van der Waals surface area contributed by atoms with E-state index in [0.717, 1.165) is 66.8 Å². The fraction of sp³-hybridized carbons (Fsp3) is 0.143. The molecule has 0 heterocycles. The van der Waals surface area contributed by atoms with Crippen molar-refractivity contribution in [2.24, 2.45) is 0 Å². The van der Waals surface area contributed by atoms with Crippen LogP contribution < -0.4 is 37.9 Å². The van der Waals surface area contributed by atoms with Gasteiger partial charge in [0.25, 0.3) is 11.4 Å². The fourth-order valence-corrected chi connectivity index (χ4v) is 12.8. The first-order chi connectivity index (χ1) is 46.2. The molecule has 470 valence electrons. The molecular weight excluding hydrogens is 1190 g/mol. The predicted octanol–water partition coefficient (Wildman–Crippen LogP) is 24.5. The van der Waals surface area contributed by atoms with E-state index in [-0.39, 0.29) is 103 Å². The molecule has 12 rings (SSSR count). The Labute approximate surface area is 560 Å². The minimum atomic E-state index is -0.663. The molecule has 12 heteroatoms. The van der Waals surface area contributed by atoms with Crippen LogP contribution in [-0.4, -0.2) is 0 Å². The maximum Gasteiger partial charge on any atom is 0.270 e. The Morgan fingerprint density at radius 3 is 0.833 bits per heavy atom. The standard InChI is InChI=1S/C84H66N4O8/c1-49(2)53-27-35-57(36-28-53)89-67-19-15-21-69(63(67)47-85)93-75-43-61-65(45-77(75)94-70-22-16-20-68(64(70)48-86)90-58-37-29-54(30-38-58)50(3)4)83(9,10)80-62-44-76(95-73-25-17-23-71(81(73)87-13)91-59-39-31-55(32-40-59)51(5)6)78(46-66(62)84(11,12)79(61)80)96-74-26-18-24-72(82(74)88-14)92-60-41-33-56(34-42-60)52(7)8/h15-46,79-80H,1,3,5,7H2,2,4,6,8-12H3. The Hall–Kier alpha value is -12.5. The van der Waals surface area contributed by atoms with Gasteiger partial charge in [-0.1, -0.05) is 149 Å². The first kappa shape index (κ1) is 63.7. The second kappa shape index (κ2) is 25.9. The van der Waals surface area contributed by atoms with Gasteiger partial charge in [-0.25, -0.2) is 9.69 Å². The molecule has 2 aliphatic carbocycles. The van der Waals surface area contributed by atoms with E-state index in [0.29, 0.717) is 23.0 Å². The van der Waals surface area contributed by atoms with Gasteiger partial charge >= 0.3 is 0 Å². The molecule has 0 spiro atoms. The fourth-order valence-electron chi connectivity index (χ4n) is 12.8. The van der Waals surface area contributed by atoms with Gasteiger partial charge in [-0.15, -0.1) is 0 Å². The molecule has 0 fully saturated rings. The molecule has 0 N–H and O–H groups in total. The molecule has 10 aromatic rings. The highest BCUT2D eigenvalue weighted by atomic mass is 16.5. The van der Waals surface area contributed by atoms with E-state index in [2.05, 4.69) is 75.8 Å². The van der Waals surface area contributed by atoms with Crippen molar-refractivity contribution in [1.29, 1.82) is 10.5 Å². The number of para-hydroxylation sites is 2. The molecule has 0 saturated heterocycles. The average molecular weight is 1260 g/mol. The summed E-state index contributed by atoms with van der Waals surface area (Å²) >= 11 is 0. The quantitative estimate of drug-likeness (QED) is 0.0680. The smallest absolute Gasteiger partial charge is 0.270 e. The number of hydrogen-bond donors (Lipinski definition) is 0. The lowest BCUT2D eigenvalue weighted by atomic mass is 9.72. The summed E-state index contributed by atoms with van der Waals surface area (Å²) in [4.78, 5) is 7.95. The van der Waals surface area contributed by atoms with E-state index in [1.54, 1.807) is 72.8 Å². The van der Waals surface area contributed by atoms with Crippen LogP contribution in [0.5, 0.6) is 92.0 Å². The maximum atomic E-state index is 11.0. The molecule has 2 atom stereocenters. The van der Waals surface area contributed by atoms with Gasteiger partial charge in [0.05, 0.1) is 13.1 Å². The van der Waals surface area contributed by atoms with Crippen LogP contribution in [0.2, 0.25) is 0 Å². The molecule has 10 aromatic carbocycles. The zero-order valence-corrected chi connectivity index (χ0v) is 54.5. The van der Waals surface area contributed by atoms with E-state index in [1.165, 1.54) is 0 Å². The normalized spacial score (nSPS) is 14.1. The van der Waals surface area contributed by atoms with Crippen LogP contribution in [0.4, 0.5) is 11.4 Å². The van der Waals surface area contributed by atoms with Crippen molar-refractivity contribution in [1.82, 2.24) is 0 Å². The summed E-state index contributed by atoms with van der Waals surface area (Å²) in [6.07, 6.45) is 0. The van der Waals surface area contributed by atoms with Gasteiger partial charge in [-0.2, -0.15) is 10.5 Å². The van der Waals surface area contributed by atoms with Crippen LogP contribution in [0.25, 0.3) is 32.0 Å². The largest absolute Gasteiger partial charge is 0.468 e. The SMILES string of the molecule is [C-]#[N+]c1c(Oc2ccc(C(=C)C)cc2)cccc1Oc1cc2c(cc1Oc1cccc(Oc3ccc(C(=C)C)cc3)c1[N+]#[C-])C(C)(C)C1c3cc(Oc4cccc(Oc5ccc(C(=C)C)cc5)c4C#N)c(Oc4cccc(Oc5ccc(C(=C)C)cc5)c4C#N)cc3C(C)(C)C21. The molecule has 2 unspecified atom stereocenters. The summed E-state index contributed by atoms with van der Waals surface area (Å²) < 4.78 is 53.5. The molecule has 0 aliphatic heterocycles. The molecule has 12 nitrogen and oxygen atoms in total. The van der Waals surface area contributed by atoms with Gasteiger partial charge in [-0.05, 0) is 204 Å². The van der Waals surface area contributed by atoms with Crippen molar-refractivity contribution < 1.29 is 37.9 Å². The Balaban J connectivity index is 0.986. The zero-order valence-electron chi connectivity index (χ0n) is 54.5. The van der Waals surface area contributed by atoms with Crippen molar-refractivity contribution in [2.75, 3.05) is 0 Å². The predicted molar refractivity (Wildman–Crippen MR) is 377 cm³/mol. The van der Waals surface area contributed by atoms with E-state index >= 15 is 0 Å². The highest BCUT2D eigenvalue weighted by Crippen LogP contribution is 2.69. The summed E-state index contributed by atoms with van der Waals surface area (Å²) in [6.45, 7) is 49.8. The number of fused-ring (bicyclic) bond motifs is 5. The first-order valence-electron chi connectivity index (χ1n) is 31.1. The summed E-state index contributed by atoms with van der Waals surface area (Å²) in [5, 5.41) is 21.9. The number of allylic oxidation sites excluding steroid dienone is 4. The summed E-state index contributed by atoms with van der Waals surface area (Å²) in [5.41, 5.74) is 10.4. The molecule has 0 saturated carbocycles. The van der Waals surface area contributed by atoms with Gasteiger partial charge in [0, 0.05) is 11.8 Å². The lowest BCUT2D eigenvalue weighted by Crippen LogP contribution is -2.25. The first-order valence-corrected chi connectivity index (χ1v) is 31.1. The van der Waals surface area contributed by atoms with Crippen molar-refractivity contribution in [3.63, 3.8) is 0 Å². The highest BCUT2D eigenvalue weighted by Gasteiger charge is 2.59. The Kier molecular flexibility index (Phi) is 17.2. The van der Waals surface area contributed by atoms with Gasteiger partial charge in [-0.3, -0.25) is 0 Å². The second-order valence-corrected chi connectivity index (χ2v) is 25.1. The van der Waals surface area contributed by atoms with Crippen molar-refractivity contribution in [2.45, 2.75) is 78.1 Å². The minimum absolute atomic E-state index is 0.123.